The molecule has 0 unspecified atom stereocenters. The molecule has 0 spiro atoms. The van der Waals surface area contributed by atoms with Gasteiger partial charge in [-0.3, -0.25) is 0 Å². The van der Waals surface area contributed by atoms with Gasteiger partial charge >= 0.3 is 0 Å². The van der Waals surface area contributed by atoms with Crippen molar-refractivity contribution in [3.63, 3.8) is 0 Å². The Morgan fingerprint density at radius 2 is 2.10 bits per heavy atom. The van der Waals surface area contributed by atoms with E-state index in [1.807, 2.05) is 7.05 Å². The summed E-state index contributed by atoms with van der Waals surface area (Å²) in [4.78, 5) is 0. The van der Waals surface area contributed by atoms with Crippen LogP contribution in [0.15, 0.2) is 0 Å². The molecule has 1 aliphatic carbocycles. The van der Waals surface area contributed by atoms with Crippen molar-refractivity contribution in [2.24, 2.45) is 0 Å². The minimum atomic E-state index is -2.37. The van der Waals surface area contributed by atoms with Crippen molar-refractivity contribution in [1.29, 1.82) is 0 Å². The maximum absolute atomic E-state index is 12.2. The molecule has 59 valence electrons. The Bertz CT molecular complexity index is 106. The van der Waals surface area contributed by atoms with E-state index in [1.54, 1.807) is 0 Å². The van der Waals surface area contributed by atoms with Crippen LogP contribution in [0.2, 0.25) is 0 Å². The Morgan fingerprint density at radius 1 is 1.50 bits per heavy atom. The molecule has 0 aromatic carbocycles. The van der Waals surface area contributed by atoms with Crippen molar-refractivity contribution in [2.75, 3.05) is 13.6 Å². The van der Waals surface area contributed by atoms with E-state index in [-0.39, 0.29) is 12.8 Å². The average molecular weight is 148 g/mol. The molecule has 0 heterocycles. The van der Waals surface area contributed by atoms with Crippen LogP contribution in [0.1, 0.15) is 19.3 Å². The van der Waals surface area contributed by atoms with Crippen LogP contribution < -0.4 is 5.32 Å². The lowest BCUT2D eigenvalue weighted by atomic mass is 9.79. The van der Waals surface area contributed by atoms with Gasteiger partial charge in [-0.15, -0.1) is 0 Å². The van der Waals surface area contributed by atoms with Crippen LogP contribution in [0.25, 0.3) is 0 Å². The number of rotatable bonds is 3. The molecular weight excluding hydrogens is 136 g/mol. The van der Waals surface area contributed by atoms with Crippen LogP contribution in [0, 0.1) is 5.92 Å². The van der Waals surface area contributed by atoms with Crippen LogP contribution in [0.4, 0.5) is 8.78 Å². The van der Waals surface area contributed by atoms with Gasteiger partial charge in [-0.2, -0.15) is 0 Å². The molecule has 0 saturated heterocycles. The molecule has 1 fully saturated rings. The third-order valence-corrected chi connectivity index (χ3v) is 1.75. The highest BCUT2D eigenvalue weighted by molar-refractivity contribution is 5.08. The predicted octanol–water partition coefficient (Wildman–Crippen LogP) is 1.60. The summed E-state index contributed by atoms with van der Waals surface area (Å²) < 4.78 is 24.3. The van der Waals surface area contributed by atoms with Gasteiger partial charge in [-0.05, 0) is 25.9 Å². The van der Waals surface area contributed by atoms with E-state index in [0.29, 0.717) is 0 Å². The standard InChI is InChI=1S/C7H12F2N/c1-10-3-2-6-4-7(8,9)5-6/h10H,2-5H2,1H3. The van der Waals surface area contributed by atoms with Gasteiger partial charge in [-0.1, -0.05) is 0 Å². The molecule has 1 saturated carbocycles. The summed E-state index contributed by atoms with van der Waals surface area (Å²) in [5.74, 6) is -1.37. The van der Waals surface area contributed by atoms with Gasteiger partial charge < -0.3 is 5.32 Å². The molecule has 0 aromatic rings. The zero-order chi connectivity index (χ0) is 7.61. The first kappa shape index (κ1) is 7.92. The SMILES string of the molecule is CNCC[C]1CC(F)(F)C1. The molecule has 0 aliphatic heterocycles. The predicted molar refractivity (Wildman–Crippen MR) is 36.0 cm³/mol. The number of halogens is 2. The maximum atomic E-state index is 12.2. The van der Waals surface area contributed by atoms with E-state index in [0.717, 1.165) is 18.9 Å². The van der Waals surface area contributed by atoms with Crippen LogP contribution in [0.5, 0.6) is 0 Å². The summed E-state index contributed by atoms with van der Waals surface area (Å²) in [5, 5.41) is 2.93. The van der Waals surface area contributed by atoms with E-state index in [4.69, 9.17) is 0 Å². The molecular formula is C7H12F2N. The molecule has 0 bridgehead atoms. The van der Waals surface area contributed by atoms with Gasteiger partial charge in [0.25, 0.3) is 0 Å². The monoisotopic (exact) mass is 148 g/mol. The fraction of sp³-hybridized carbons (Fsp3) is 0.857. The van der Waals surface area contributed by atoms with Crippen molar-refractivity contribution in [2.45, 2.75) is 25.2 Å². The molecule has 3 heteroatoms. The fourth-order valence-electron chi connectivity index (χ4n) is 1.16. The van der Waals surface area contributed by atoms with Crippen LogP contribution in [0.3, 0.4) is 0 Å². The van der Waals surface area contributed by atoms with E-state index in [2.05, 4.69) is 5.32 Å². The zero-order valence-electron chi connectivity index (χ0n) is 6.08. The first-order chi connectivity index (χ1) is 4.64. The molecule has 1 N–H and O–H groups in total. The normalized spacial score (nSPS) is 24.3. The second-order valence-electron chi connectivity index (χ2n) is 2.81. The Balaban J connectivity index is 2.03. The first-order valence-corrected chi connectivity index (χ1v) is 3.50. The summed E-state index contributed by atoms with van der Waals surface area (Å²) in [7, 11) is 1.83. The van der Waals surface area contributed by atoms with Crippen molar-refractivity contribution in [3.05, 3.63) is 5.92 Å². The largest absolute Gasteiger partial charge is 0.320 e. The Kier molecular flexibility index (Phi) is 2.24. The summed E-state index contributed by atoms with van der Waals surface area (Å²) in [6.45, 7) is 0.825. The zero-order valence-corrected chi connectivity index (χ0v) is 6.08. The Hall–Kier alpha value is -0.180. The van der Waals surface area contributed by atoms with Crippen LogP contribution in [-0.4, -0.2) is 19.5 Å². The number of nitrogens with one attached hydrogen (secondary N) is 1. The molecule has 1 nitrogen and oxygen atoms in total. The quantitative estimate of drug-likeness (QED) is 0.641. The maximum Gasteiger partial charge on any atom is 0.249 e. The highest BCUT2D eigenvalue weighted by Crippen LogP contribution is 2.45. The lowest BCUT2D eigenvalue weighted by Crippen LogP contribution is -2.35. The highest BCUT2D eigenvalue weighted by atomic mass is 19.3. The first-order valence-electron chi connectivity index (χ1n) is 3.50. The van der Waals surface area contributed by atoms with Crippen molar-refractivity contribution in [1.82, 2.24) is 5.32 Å². The van der Waals surface area contributed by atoms with E-state index < -0.39 is 5.92 Å². The van der Waals surface area contributed by atoms with Gasteiger partial charge in [-0.25, -0.2) is 8.78 Å². The lowest BCUT2D eigenvalue weighted by molar-refractivity contribution is -0.0577. The Labute approximate surface area is 59.8 Å². The van der Waals surface area contributed by atoms with E-state index >= 15 is 0 Å². The van der Waals surface area contributed by atoms with Gasteiger partial charge in [0.2, 0.25) is 5.92 Å². The molecule has 1 radical (unpaired) electrons. The fourth-order valence-corrected chi connectivity index (χ4v) is 1.16. The molecule has 1 aliphatic rings. The second-order valence-corrected chi connectivity index (χ2v) is 2.81. The van der Waals surface area contributed by atoms with Gasteiger partial charge in [0, 0.05) is 12.8 Å². The number of alkyl halides is 2. The van der Waals surface area contributed by atoms with Crippen molar-refractivity contribution in [3.8, 4) is 0 Å². The summed E-state index contributed by atoms with van der Waals surface area (Å²) >= 11 is 0. The molecule has 10 heavy (non-hydrogen) atoms. The molecule has 0 atom stereocenters. The topological polar surface area (TPSA) is 12.0 Å². The Morgan fingerprint density at radius 3 is 2.50 bits per heavy atom. The number of hydrogen-bond acceptors (Lipinski definition) is 1. The second kappa shape index (κ2) is 2.82. The lowest BCUT2D eigenvalue weighted by Gasteiger charge is -2.34. The molecule has 1 rings (SSSR count). The average Bonchev–Trinajstić information content (AvgIpc) is 1.78. The van der Waals surface area contributed by atoms with E-state index in [9.17, 15) is 8.78 Å². The third-order valence-electron chi connectivity index (χ3n) is 1.75. The van der Waals surface area contributed by atoms with Crippen LogP contribution >= 0.6 is 0 Å². The van der Waals surface area contributed by atoms with Crippen molar-refractivity contribution >= 4 is 0 Å². The minimum absolute atomic E-state index is 0.0225. The minimum Gasteiger partial charge on any atom is -0.320 e. The third kappa shape index (κ3) is 1.90. The van der Waals surface area contributed by atoms with Gasteiger partial charge in [0.1, 0.15) is 0 Å². The number of hydrogen-bond donors (Lipinski definition) is 1. The van der Waals surface area contributed by atoms with Crippen molar-refractivity contribution < 1.29 is 8.78 Å². The van der Waals surface area contributed by atoms with Gasteiger partial charge in [0.05, 0.1) is 0 Å². The summed E-state index contributed by atoms with van der Waals surface area (Å²) in [6.07, 6.45) is 0.857. The summed E-state index contributed by atoms with van der Waals surface area (Å²) in [6, 6.07) is 0. The highest BCUT2D eigenvalue weighted by Gasteiger charge is 2.44. The van der Waals surface area contributed by atoms with E-state index in [1.165, 1.54) is 0 Å². The molecule has 0 aromatic heterocycles. The molecule has 0 amide bonds. The van der Waals surface area contributed by atoms with Crippen LogP contribution in [-0.2, 0) is 0 Å². The smallest absolute Gasteiger partial charge is 0.249 e. The van der Waals surface area contributed by atoms with Gasteiger partial charge in [0.15, 0.2) is 0 Å². The summed E-state index contributed by atoms with van der Waals surface area (Å²) in [5.41, 5.74) is 0.